The fraction of sp³-hybridized carbons (Fsp3) is 0.370. The molecule has 0 unspecified atom stereocenters. The molecule has 6 nitrogen and oxygen atoms in total. The van der Waals surface area contributed by atoms with Crippen molar-refractivity contribution < 1.29 is 14.4 Å². The lowest BCUT2D eigenvalue weighted by molar-refractivity contribution is -0.122. The van der Waals surface area contributed by atoms with Gasteiger partial charge < -0.3 is 4.90 Å². The maximum atomic E-state index is 13.2. The molecule has 1 fully saturated rings. The molecule has 2 aromatic carbocycles. The molecule has 33 heavy (non-hydrogen) atoms. The second kappa shape index (κ2) is 8.18. The SMILES string of the molecule is Cc1ccc(N2C(=O)NC(=O)/C(=C\c3ccc4c(c3)[C@@H](C)CC(C)(C)N4C(C)C)C2=O)cc1. The summed E-state index contributed by atoms with van der Waals surface area (Å²) in [5, 5.41) is 2.30. The fourth-order valence-corrected chi connectivity index (χ4v) is 5.29. The van der Waals surface area contributed by atoms with Crippen LogP contribution in [0.15, 0.2) is 48.0 Å². The number of nitrogens with zero attached hydrogens (tertiary/aromatic N) is 2. The number of hydrogen-bond donors (Lipinski definition) is 1. The fourth-order valence-electron chi connectivity index (χ4n) is 5.29. The van der Waals surface area contributed by atoms with Crippen LogP contribution in [0, 0.1) is 6.92 Å². The lowest BCUT2D eigenvalue weighted by atomic mass is 9.78. The van der Waals surface area contributed by atoms with E-state index in [2.05, 4.69) is 57.0 Å². The standard InChI is InChI=1S/C27H31N3O3/c1-16(2)30-23-12-9-19(13-21(23)18(4)15-27(30,5)6)14-22-24(31)28-26(33)29(25(22)32)20-10-7-17(3)8-11-20/h7-14,16,18H,15H2,1-6H3,(H,28,31,33)/b22-14+/t18-/m0/s1. The van der Waals surface area contributed by atoms with Crippen molar-refractivity contribution in [3.8, 4) is 0 Å². The van der Waals surface area contributed by atoms with Gasteiger partial charge in [-0.2, -0.15) is 0 Å². The summed E-state index contributed by atoms with van der Waals surface area (Å²) in [6.07, 6.45) is 2.59. The van der Waals surface area contributed by atoms with Gasteiger partial charge in [0.05, 0.1) is 5.69 Å². The molecular weight excluding hydrogens is 414 g/mol. The van der Waals surface area contributed by atoms with Crippen LogP contribution in [-0.2, 0) is 9.59 Å². The molecule has 172 valence electrons. The second-order valence-corrected chi connectivity index (χ2v) is 9.99. The smallest absolute Gasteiger partial charge is 0.335 e. The number of barbiturate groups is 1. The molecule has 2 heterocycles. The Bertz CT molecular complexity index is 1160. The van der Waals surface area contributed by atoms with Gasteiger partial charge in [0, 0.05) is 17.3 Å². The minimum absolute atomic E-state index is 0.0364. The highest BCUT2D eigenvalue weighted by molar-refractivity contribution is 6.39. The van der Waals surface area contributed by atoms with E-state index in [0.717, 1.165) is 22.4 Å². The number of anilines is 2. The van der Waals surface area contributed by atoms with Crippen molar-refractivity contribution in [2.45, 2.75) is 65.5 Å². The van der Waals surface area contributed by atoms with Crippen LogP contribution >= 0.6 is 0 Å². The summed E-state index contributed by atoms with van der Waals surface area (Å²) in [5.41, 5.74) is 4.57. The zero-order valence-electron chi connectivity index (χ0n) is 20.1. The van der Waals surface area contributed by atoms with Crippen molar-refractivity contribution in [1.82, 2.24) is 5.32 Å². The van der Waals surface area contributed by atoms with Gasteiger partial charge in [0.15, 0.2) is 0 Å². The Morgan fingerprint density at radius 1 is 1.06 bits per heavy atom. The molecule has 1 saturated heterocycles. The number of aryl methyl sites for hydroxylation is 1. The zero-order valence-corrected chi connectivity index (χ0v) is 20.1. The minimum Gasteiger partial charge on any atom is -0.364 e. The van der Waals surface area contributed by atoms with Crippen molar-refractivity contribution in [3.63, 3.8) is 0 Å². The third-order valence-corrected chi connectivity index (χ3v) is 6.52. The topological polar surface area (TPSA) is 69.7 Å². The van der Waals surface area contributed by atoms with Crippen molar-refractivity contribution in [2.75, 3.05) is 9.80 Å². The molecule has 0 aromatic heterocycles. The van der Waals surface area contributed by atoms with Crippen LogP contribution in [-0.4, -0.2) is 29.4 Å². The van der Waals surface area contributed by atoms with E-state index >= 15 is 0 Å². The summed E-state index contributed by atoms with van der Waals surface area (Å²) in [7, 11) is 0. The first-order valence-electron chi connectivity index (χ1n) is 11.4. The predicted molar refractivity (Wildman–Crippen MR) is 131 cm³/mol. The van der Waals surface area contributed by atoms with Gasteiger partial charge in [0.25, 0.3) is 11.8 Å². The lowest BCUT2D eigenvalue weighted by Crippen LogP contribution is -2.54. The van der Waals surface area contributed by atoms with Crippen molar-refractivity contribution >= 4 is 35.3 Å². The largest absolute Gasteiger partial charge is 0.364 e. The molecule has 4 amide bonds. The predicted octanol–water partition coefficient (Wildman–Crippen LogP) is 5.16. The van der Waals surface area contributed by atoms with Gasteiger partial charge in [-0.3, -0.25) is 14.9 Å². The number of amides is 4. The average Bonchev–Trinajstić information content (AvgIpc) is 2.71. The molecule has 1 N–H and O–H groups in total. The minimum atomic E-state index is -0.736. The van der Waals surface area contributed by atoms with E-state index in [1.165, 1.54) is 11.3 Å². The molecule has 2 aromatic rings. The second-order valence-electron chi connectivity index (χ2n) is 9.99. The summed E-state index contributed by atoms with van der Waals surface area (Å²) in [4.78, 5) is 41.6. The summed E-state index contributed by atoms with van der Waals surface area (Å²) in [6.45, 7) is 13.1. The number of carbonyl (C=O) groups is 3. The molecule has 0 saturated carbocycles. The number of hydrogen-bond acceptors (Lipinski definition) is 4. The van der Waals surface area contributed by atoms with Crippen molar-refractivity contribution in [2.24, 2.45) is 0 Å². The third kappa shape index (κ3) is 4.06. The Morgan fingerprint density at radius 2 is 1.73 bits per heavy atom. The molecule has 0 spiro atoms. The summed E-state index contributed by atoms with van der Waals surface area (Å²) in [5.74, 6) is -0.961. The van der Waals surface area contributed by atoms with Gasteiger partial charge in [-0.05, 0) is 88.4 Å². The molecule has 0 radical (unpaired) electrons. The first-order valence-corrected chi connectivity index (χ1v) is 11.4. The van der Waals surface area contributed by atoms with E-state index in [4.69, 9.17) is 0 Å². The zero-order chi connectivity index (χ0) is 24.1. The number of carbonyl (C=O) groups excluding carboxylic acids is 3. The van der Waals surface area contributed by atoms with Crippen molar-refractivity contribution in [1.29, 1.82) is 0 Å². The highest BCUT2D eigenvalue weighted by Gasteiger charge is 2.39. The normalized spacial score (nSPS) is 21.5. The molecule has 2 aliphatic heterocycles. The molecule has 0 aliphatic carbocycles. The Kier molecular flexibility index (Phi) is 5.64. The van der Waals surface area contributed by atoms with E-state index in [1.807, 2.05) is 25.1 Å². The lowest BCUT2D eigenvalue weighted by Gasteiger charge is -2.50. The maximum absolute atomic E-state index is 13.2. The quantitative estimate of drug-likeness (QED) is 0.523. The Morgan fingerprint density at radius 3 is 2.36 bits per heavy atom. The van der Waals surface area contributed by atoms with Gasteiger partial charge in [-0.25, -0.2) is 9.69 Å². The first-order chi connectivity index (χ1) is 15.5. The number of nitrogens with one attached hydrogen (secondary N) is 1. The number of fused-ring (bicyclic) bond motifs is 1. The van der Waals surface area contributed by atoms with Crippen LogP contribution in [0.1, 0.15) is 63.6 Å². The first kappa shape index (κ1) is 22.8. The van der Waals surface area contributed by atoms with Gasteiger partial charge >= 0.3 is 6.03 Å². The van der Waals surface area contributed by atoms with E-state index in [9.17, 15) is 14.4 Å². The monoisotopic (exact) mass is 445 g/mol. The van der Waals surface area contributed by atoms with Crippen LogP contribution < -0.4 is 15.1 Å². The maximum Gasteiger partial charge on any atom is 0.335 e. The van der Waals surface area contributed by atoms with E-state index in [-0.39, 0.29) is 11.1 Å². The number of urea groups is 1. The summed E-state index contributed by atoms with van der Waals surface area (Å²) < 4.78 is 0. The molecule has 1 atom stereocenters. The van der Waals surface area contributed by atoms with E-state index in [1.54, 1.807) is 18.2 Å². The van der Waals surface area contributed by atoms with E-state index < -0.39 is 17.8 Å². The van der Waals surface area contributed by atoms with Gasteiger partial charge in [-0.1, -0.05) is 30.7 Å². The van der Waals surface area contributed by atoms with Gasteiger partial charge in [-0.15, -0.1) is 0 Å². The summed E-state index contributed by atoms with van der Waals surface area (Å²) in [6, 6.07) is 12.7. The number of imide groups is 2. The van der Waals surface area contributed by atoms with E-state index in [0.29, 0.717) is 17.6 Å². The molecule has 2 aliphatic rings. The average molecular weight is 446 g/mol. The molecule has 4 rings (SSSR count). The number of rotatable bonds is 3. The Labute approximate surface area is 195 Å². The van der Waals surface area contributed by atoms with Crippen LogP contribution in [0.25, 0.3) is 6.08 Å². The third-order valence-electron chi connectivity index (χ3n) is 6.52. The van der Waals surface area contributed by atoms with Gasteiger partial charge in [0.1, 0.15) is 5.57 Å². The number of benzene rings is 2. The Hall–Kier alpha value is -3.41. The molecule has 6 heteroatoms. The highest BCUT2D eigenvalue weighted by atomic mass is 16.2. The Balaban J connectivity index is 1.73. The molecule has 0 bridgehead atoms. The van der Waals surface area contributed by atoms with Crippen LogP contribution in [0.5, 0.6) is 0 Å². The van der Waals surface area contributed by atoms with Crippen LogP contribution in [0.3, 0.4) is 0 Å². The van der Waals surface area contributed by atoms with Gasteiger partial charge in [0.2, 0.25) is 0 Å². The van der Waals surface area contributed by atoms with Crippen LogP contribution in [0.2, 0.25) is 0 Å². The molecular formula is C27H31N3O3. The van der Waals surface area contributed by atoms with Crippen LogP contribution in [0.4, 0.5) is 16.2 Å². The summed E-state index contributed by atoms with van der Waals surface area (Å²) >= 11 is 0. The highest BCUT2D eigenvalue weighted by Crippen LogP contribution is 2.44. The van der Waals surface area contributed by atoms with Crippen molar-refractivity contribution in [3.05, 3.63) is 64.7 Å².